The average Bonchev–Trinajstić information content (AvgIpc) is 3.05. The normalized spacial score (nSPS) is 15.9. The van der Waals surface area contributed by atoms with Gasteiger partial charge in [0.2, 0.25) is 0 Å². The van der Waals surface area contributed by atoms with Crippen molar-refractivity contribution >= 4 is 0 Å². The molecule has 0 bridgehead atoms. The van der Waals surface area contributed by atoms with E-state index in [2.05, 4.69) is 41.5 Å². The average molecular weight is 312 g/mol. The van der Waals surface area contributed by atoms with Crippen molar-refractivity contribution in [3.63, 3.8) is 0 Å². The second-order valence-corrected chi connectivity index (χ2v) is 6.64. The van der Waals surface area contributed by atoms with E-state index >= 15 is 0 Å². The summed E-state index contributed by atoms with van der Waals surface area (Å²) in [5.41, 5.74) is 10.6. The summed E-state index contributed by atoms with van der Waals surface area (Å²) in [7, 11) is 0. The Morgan fingerprint density at radius 3 is 2.52 bits per heavy atom. The number of hydrogen-bond acceptors (Lipinski definition) is 3. The highest BCUT2D eigenvalue weighted by atomic mass is 15.4. The molecule has 1 heterocycles. The Morgan fingerprint density at radius 1 is 1.13 bits per heavy atom. The molecule has 1 aliphatic carbocycles. The molecule has 1 saturated carbocycles. The van der Waals surface area contributed by atoms with Gasteiger partial charge in [0.25, 0.3) is 0 Å². The molecule has 0 aliphatic heterocycles. The molecule has 1 aliphatic rings. The second kappa shape index (κ2) is 7.73. The minimum Gasteiger partial charge on any atom is -0.325 e. The van der Waals surface area contributed by atoms with Gasteiger partial charge in [-0.3, -0.25) is 0 Å². The zero-order chi connectivity index (χ0) is 16.1. The molecular weight excluding hydrogens is 284 g/mol. The molecule has 0 spiro atoms. The number of hydrogen-bond donors (Lipinski definition) is 1. The zero-order valence-electron chi connectivity index (χ0n) is 14.2. The number of unbranched alkanes of at least 4 members (excludes halogenated alkanes) is 1. The lowest BCUT2D eigenvalue weighted by Gasteiger charge is -2.23. The molecule has 1 aromatic carbocycles. The Labute approximate surface area is 139 Å². The van der Waals surface area contributed by atoms with Crippen molar-refractivity contribution in [3.05, 3.63) is 41.2 Å². The highest BCUT2D eigenvalue weighted by Gasteiger charge is 2.24. The zero-order valence-corrected chi connectivity index (χ0v) is 14.2. The van der Waals surface area contributed by atoms with Crippen molar-refractivity contribution in [3.8, 4) is 5.69 Å². The summed E-state index contributed by atoms with van der Waals surface area (Å²) in [5.74, 6) is 0.553. The van der Waals surface area contributed by atoms with Gasteiger partial charge in [-0.25, -0.2) is 4.68 Å². The van der Waals surface area contributed by atoms with Crippen LogP contribution in [0.1, 0.15) is 74.7 Å². The van der Waals surface area contributed by atoms with E-state index in [1.54, 1.807) is 0 Å². The van der Waals surface area contributed by atoms with Crippen LogP contribution in [0.2, 0.25) is 0 Å². The van der Waals surface area contributed by atoms with E-state index in [1.165, 1.54) is 56.2 Å². The fraction of sp³-hybridized carbons (Fsp3) is 0.579. The fourth-order valence-electron chi connectivity index (χ4n) is 3.63. The van der Waals surface area contributed by atoms with Gasteiger partial charge in [-0.2, -0.15) is 0 Å². The molecule has 0 saturated heterocycles. The van der Waals surface area contributed by atoms with Gasteiger partial charge in [0, 0.05) is 12.5 Å². The predicted octanol–water partition coefficient (Wildman–Crippen LogP) is 4.12. The van der Waals surface area contributed by atoms with E-state index in [0.717, 1.165) is 17.8 Å². The van der Waals surface area contributed by atoms with Gasteiger partial charge in [0.1, 0.15) is 5.69 Å². The molecule has 0 atom stereocenters. The summed E-state index contributed by atoms with van der Waals surface area (Å²) >= 11 is 0. The van der Waals surface area contributed by atoms with Crippen LogP contribution in [0, 0.1) is 0 Å². The number of aryl methyl sites for hydroxylation is 1. The van der Waals surface area contributed by atoms with Crippen molar-refractivity contribution in [2.75, 3.05) is 0 Å². The monoisotopic (exact) mass is 312 g/mol. The van der Waals surface area contributed by atoms with E-state index in [1.807, 2.05) is 4.68 Å². The van der Waals surface area contributed by atoms with Gasteiger partial charge in [0.15, 0.2) is 0 Å². The first-order chi connectivity index (χ1) is 11.3. The maximum absolute atomic E-state index is 5.91. The Hall–Kier alpha value is -1.68. The van der Waals surface area contributed by atoms with E-state index in [4.69, 9.17) is 5.73 Å². The van der Waals surface area contributed by atoms with Gasteiger partial charge in [-0.1, -0.05) is 50.0 Å². The van der Waals surface area contributed by atoms with Crippen LogP contribution in [0.3, 0.4) is 0 Å². The molecule has 0 unspecified atom stereocenters. The molecule has 1 aromatic heterocycles. The summed E-state index contributed by atoms with van der Waals surface area (Å²) in [6, 6.07) is 8.79. The smallest absolute Gasteiger partial charge is 0.100 e. The highest BCUT2D eigenvalue weighted by molar-refractivity contribution is 5.37. The first-order valence-corrected chi connectivity index (χ1v) is 9.07. The maximum Gasteiger partial charge on any atom is 0.100 e. The lowest BCUT2D eigenvalue weighted by atomic mass is 9.86. The third-order valence-electron chi connectivity index (χ3n) is 4.96. The van der Waals surface area contributed by atoms with Crippen molar-refractivity contribution in [1.82, 2.24) is 15.0 Å². The molecule has 23 heavy (non-hydrogen) atoms. The molecular formula is C19H28N4. The quantitative estimate of drug-likeness (QED) is 0.873. The van der Waals surface area contributed by atoms with Crippen molar-refractivity contribution in [1.29, 1.82) is 0 Å². The van der Waals surface area contributed by atoms with Crippen LogP contribution < -0.4 is 5.73 Å². The summed E-state index contributed by atoms with van der Waals surface area (Å²) < 4.78 is 2.03. The molecule has 0 radical (unpaired) electrons. The van der Waals surface area contributed by atoms with Crippen LogP contribution >= 0.6 is 0 Å². The van der Waals surface area contributed by atoms with Crippen LogP contribution in [-0.2, 0) is 13.0 Å². The predicted molar refractivity (Wildman–Crippen MR) is 93.7 cm³/mol. The maximum atomic E-state index is 5.91. The minimum absolute atomic E-state index is 0.473. The molecule has 124 valence electrons. The van der Waals surface area contributed by atoms with Gasteiger partial charge in [-0.05, 0) is 43.4 Å². The van der Waals surface area contributed by atoms with E-state index in [9.17, 15) is 0 Å². The summed E-state index contributed by atoms with van der Waals surface area (Å²) in [5, 5.41) is 8.76. The molecule has 4 nitrogen and oxygen atoms in total. The Kier molecular flexibility index (Phi) is 5.44. The first-order valence-electron chi connectivity index (χ1n) is 9.07. The third-order valence-corrected chi connectivity index (χ3v) is 4.96. The van der Waals surface area contributed by atoms with Gasteiger partial charge >= 0.3 is 0 Å². The largest absolute Gasteiger partial charge is 0.325 e. The topological polar surface area (TPSA) is 56.7 Å². The van der Waals surface area contributed by atoms with Gasteiger partial charge < -0.3 is 5.73 Å². The Balaban J connectivity index is 1.88. The van der Waals surface area contributed by atoms with Crippen molar-refractivity contribution in [2.24, 2.45) is 5.73 Å². The van der Waals surface area contributed by atoms with Crippen LogP contribution in [-0.4, -0.2) is 15.0 Å². The molecule has 1 fully saturated rings. The molecule has 0 amide bonds. The van der Waals surface area contributed by atoms with Crippen LogP contribution in [0.5, 0.6) is 0 Å². The third kappa shape index (κ3) is 3.63. The Bertz CT molecular complexity index is 609. The van der Waals surface area contributed by atoms with Gasteiger partial charge in [-0.15, -0.1) is 5.10 Å². The number of nitrogens with two attached hydrogens (primary N) is 1. The Morgan fingerprint density at radius 2 is 1.87 bits per heavy atom. The van der Waals surface area contributed by atoms with Crippen LogP contribution in [0.4, 0.5) is 0 Å². The lowest BCUT2D eigenvalue weighted by molar-refractivity contribution is 0.428. The van der Waals surface area contributed by atoms with Crippen LogP contribution in [0.15, 0.2) is 24.3 Å². The van der Waals surface area contributed by atoms with Crippen molar-refractivity contribution < 1.29 is 0 Å². The number of benzene rings is 1. The SMILES string of the molecule is CCCCc1ccc(-n2nnc(CN)c2C2CCCCC2)cc1. The summed E-state index contributed by atoms with van der Waals surface area (Å²) in [6.45, 7) is 2.70. The number of nitrogens with zero attached hydrogens (tertiary/aromatic N) is 3. The minimum atomic E-state index is 0.473. The number of aromatic nitrogens is 3. The highest BCUT2D eigenvalue weighted by Crippen LogP contribution is 2.34. The molecule has 2 N–H and O–H groups in total. The summed E-state index contributed by atoms with van der Waals surface area (Å²) in [6.07, 6.45) is 10.0. The molecule has 3 rings (SSSR count). The van der Waals surface area contributed by atoms with Crippen LogP contribution in [0.25, 0.3) is 5.69 Å². The molecule has 2 aromatic rings. The van der Waals surface area contributed by atoms with Crippen molar-refractivity contribution in [2.45, 2.75) is 70.8 Å². The second-order valence-electron chi connectivity index (χ2n) is 6.64. The number of rotatable bonds is 6. The van der Waals surface area contributed by atoms with Gasteiger partial charge in [0.05, 0.1) is 11.4 Å². The summed E-state index contributed by atoms with van der Waals surface area (Å²) in [4.78, 5) is 0. The fourth-order valence-corrected chi connectivity index (χ4v) is 3.63. The first kappa shape index (κ1) is 16.2. The van der Waals surface area contributed by atoms with E-state index in [-0.39, 0.29) is 0 Å². The standard InChI is InChI=1S/C19H28N4/c1-2-3-7-15-10-12-17(13-11-15)23-19(18(14-20)21-22-23)16-8-5-4-6-9-16/h10-13,16H,2-9,14,20H2,1H3. The lowest BCUT2D eigenvalue weighted by Crippen LogP contribution is -2.14. The van der Waals surface area contributed by atoms with E-state index < -0.39 is 0 Å². The molecule has 4 heteroatoms. The van der Waals surface area contributed by atoms with E-state index in [0.29, 0.717) is 12.5 Å².